The van der Waals surface area contributed by atoms with Crippen molar-refractivity contribution in [3.05, 3.63) is 90.5 Å². The third-order valence-electron chi connectivity index (χ3n) is 5.94. The maximum Gasteiger partial charge on any atom is 0.121 e. The fraction of sp³-hybridized carbons (Fsp3) is 0.259. The van der Waals surface area contributed by atoms with Crippen molar-refractivity contribution in [2.24, 2.45) is 0 Å². The average molecular weight is 382 g/mol. The molecule has 146 valence electrons. The van der Waals surface area contributed by atoms with Crippen LogP contribution in [0.4, 0.5) is 0 Å². The lowest BCUT2D eigenvalue weighted by Crippen LogP contribution is -2.39. The van der Waals surface area contributed by atoms with Crippen LogP contribution in [-0.4, -0.2) is 22.1 Å². The van der Waals surface area contributed by atoms with E-state index in [0.29, 0.717) is 11.8 Å². The van der Waals surface area contributed by atoms with E-state index in [4.69, 9.17) is 0 Å². The van der Waals surface area contributed by atoms with Crippen molar-refractivity contribution >= 4 is 10.8 Å². The van der Waals surface area contributed by atoms with Gasteiger partial charge in [0.05, 0.1) is 12.1 Å². The Labute approximate surface area is 173 Å². The molecule has 1 N–H and O–H groups in total. The molecule has 1 fully saturated rings. The van der Waals surface area contributed by atoms with Crippen LogP contribution in [0.15, 0.2) is 79.4 Å². The molecule has 3 atom stereocenters. The highest BCUT2D eigenvalue weighted by molar-refractivity contribution is 5.88. The number of phenols is 1. The van der Waals surface area contributed by atoms with Gasteiger partial charge in [0.2, 0.25) is 0 Å². The monoisotopic (exact) mass is 381 g/mol. The van der Waals surface area contributed by atoms with Crippen LogP contribution >= 0.6 is 0 Å². The standard InChI is InChI=1S/C27H27NO/c1-3-10-22-17-18-23(11-4-2)28(22)27(21-13-6-5-7-14-21)26-24-15-9-8-12-20(24)16-19-25(26)29/h3,5-9,12-16,19,22-23,27,29H,1,10,17-18H2,2H3/t22-,23+,27+/m1/s1. The van der Waals surface area contributed by atoms with Gasteiger partial charge in [-0.05, 0) is 48.6 Å². The van der Waals surface area contributed by atoms with E-state index in [1.165, 1.54) is 5.56 Å². The van der Waals surface area contributed by atoms with Gasteiger partial charge in [0.1, 0.15) is 5.75 Å². The van der Waals surface area contributed by atoms with Gasteiger partial charge in [0.25, 0.3) is 0 Å². The first-order chi connectivity index (χ1) is 14.2. The Morgan fingerprint density at radius 2 is 1.83 bits per heavy atom. The first-order valence-electron chi connectivity index (χ1n) is 10.3. The van der Waals surface area contributed by atoms with Crippen LogP contribution in [-0.2, 0) is 0 Å². The molecule has 0 spiro atoms. The van der Waals surface area contributed by atoms with E-state index in [9.17, 15) is 5.11 Å². The first-order valence-corrected chi connectivity index (χ1v) is 10.3. The normalized spacial score (nSPS) is 20.2. The Balaban J connectivity index is 1.97. The van der Waals surface area contributed by atoms with Crippen LogP contribution in [0.2, 0.25) is 0 Å². The average Bonchev–Trinajstić information content (AvgIpc) is 3.13. The minimum Gasteiger partial charge on any atom is -0.508 e. The number of fused-ring (bicyclic) bond motifs is 1. The fourth-order valence-corrected chi connectivity index (χ4v) is 4.73. The molecule has 2 nitrogen and oxygen atoms in total. The number of nitrogens with zero attached hydrogens (tertiary/aromatic N) is 1. The van der Waals surface area contributed by atoms with Crippen molar-refractivity contribution in [1.82, 2.24) is 4.90 Å². The highest BCUT2D eigenvalue weighted by atomic mass is 16.3. The summed E-state index contributed by atoms with van der Waals surface area (Å²) < 4.78 is 0. The molecular formula is C27H27NO. The predicted molar refractivity (Wildman–Crippen MR) is 121 cm³/mol. The summed E-state index contributed by atoms with van der Waals surface area (Å²) in [6.45, 7) is 5.90. The van der Waals surface area contributed by atoms with Crippen LogP contribution in [0.1, 0.15) is 43.4 Å². The molecule has 0 amide bonds. The molecule has 1 saturated heterocycles. The van der Waals surface area contributed by atoms with Crippen molar-refractivity contribution in [1.29, 1.82) is 0 Å². The summed E-state index contributed by atoms with van der Waals surface area (Å²) in [5.74, 6) is 6.90. The van der Waals surface area contributed by atoms with Crippen molar-refractivity contribution in [2.75, 3.05) is 0 Å². The van der Waals surface area contributed by atoms with Gasteiger partial charge in [-0.3, -0.25) is 4.90 Å². The van der Waals surface area contributed by atoms with Crippen LogP contribution in [0.5, 0.6) is 5.75 Å². The molecule has 3 aromatic rings. The highest BCUT2D eigenvalue weighted by Gasteiger charge is 2.39. The molecule has 2 heteroatoms. The molecular weight excluding hydrogens is 354 g/mol. The van der Waals surface area contributed by atoms with Crippen LogP contribution < -0.4 is 0 Å². The lowest BCUT2D eigenvalue weighted by atomic mass is 9.90. The summed E-state index contributed by atoms with van der Waals surface area (Å²) >= 11 is 0. The number of hydrogen-bond donors (Lipinski definition) is 1. The first kappa shape index (κ1) is 19.3. The Morgan fingerprint density at radius 1 is 1.07 bits per heavy atom. The second-order valence-corrected chi connectivity index (χ2v) is 7.65. The van der Waals surface area contributed by atoms with Gasteiger partial charge in [0.15, 0.2) is 0 Å². The molecule has 0 unspecified atom stereocenters. The summed E-state index contributed by atoms with van der Waals surface area (Å²) in [5, 5.41) is 13.3. The molecule has 1 aliphatic heterocycles. The summed E-state index contributed by atoms with van der Waals surface area (Å²) in [6, 6.07) is 23.1. The highest BCUT2D eigenvalue weighted by Crippen LogP contribution is 2.44. The van der Waals surface area contributed by atoms with E-state index in [-0.39, 0.29) is 12.1 Å². The molecule has 1 heterocycles. The zero-order valence-corrected chi connectivity index (χ0v) is 16.9. The Morgan fingerprint density at radius 3 is 2.59 bits per heavy atom. The molecule has 0 radical (unpaired) electrons. The maximum absolute atomic E-state index is 11.1. The van der Waals surface area contributed by atoms with E-state index < -0.39 is 0 Å². The van der Waals surface area contributed by atoms with Gasteiger partial charge in [-0.15, -0.1) is 12.5 Å². The van der Waals surface area contributed by atoms with Gasteiger partial charge in [-0.25, -0.2) is 0 Å². The number of hydrogen-bond acceptors (Lipinski definition) is 2. The third-order valence-corrected chi connectivity index (χ3v) is 5.94. The molecule has 3 aromatic carbocycles. The Hall–Kier alpha value is -3.02. The van der Waals surface area contributed by atoms with Crippen molar-refractivity contribution in [3.63, 3.8) is 0 Å². The lowest BCUT2D eigenvalue weighted by Gasteiger charge is -2.37. The maximum atomic E-state index is 11.1. The summed E-state index contributed by atoms with van der Waals surface area (Å²) in [4.78, 5) is 2.51. The van der Waals surface area contributed by atoms with Crippen LogP contribution in [0.25, 0.3) is 10.8 Å². The summed E-state index contributed by atoms with van der Waals surface area (Å²) in [6.07, 6.45) is 5.04. The minimum absolute atomic E-state index is 0.0689. The minimum atomic E-state index is -0.0689. The quantitative estimate of drug-likeness (QED) is 0.428. The number of benzene rings is 3. The molecule has 29 heavy (non-hydrogen) atoms. The summed E-state index contributed by atoms with van der Waals surface area (Å²) in [7, 11) is 0. The smallest absolute Gasteiger partial charge is 0.121 e. The Bertz CT molecular complexity index is 1060. The SMILES string of the molecule is C=CC[C@@H]1CC[C@H](C#CC)N1[C@@H](c1ccccc1)c1c(O)ccc2ccccc12. The predicted octanol–water partition coefficient (Wildman–Crippen LogP) is 6.07. The zero-order chi connectivity index (χ0) is 20.2. The molecule has 0 saturated carbocycles. The molecule has 4 rings (SSSR count). The number of likely N-dealkylation sites (tertiary alicyclic amines) is 1. The fourth-order valence-electron chi connectivity index (χ4n) is 4.73. The second-order valence-electron chi connectivity index (χ2n) is 7.65. The van der Waals surface area contributed by atoms with E-state index in [1.807, 2.05) is 43.3 Å². The number of phenolic OH excluding ortho intramolecular Hbond substituents is 1. The molecule has 0 aliphatic carbocycles. The van der Waals surface area contributed by atoms with Gasteiger partial charge in [-0.1, -0.05) is 72.7 Å². The third kappa shape index (κ3) is 3.67. The Kier molecular flexibility index (Phi) is 5.69. The zero-order valence-electron chi connectivity index (χ0n) is 16.9. The van der Waals surface area contributed by atoms with Crippen LogP contribution in [0, 0.1) is 11.8 Å². The van der Waals surface area contributed by atoms with Crippen molar-refractivity contribution < 1.29 is 5.11 Å². The van der Waals surface area contributed by atoms with Gasteiger partial charge < -0.3 is 5.11 Å². The lowest BCUT2D eigenvalue weighted by molar-refractivity contribution is 0.177. The molecule has 0 aromatic heterocycles. The van der Waals surface area contributed by atoms with E-state index in [0.717, 1.165) is 35.6 Å². The van der Waals surface area contributed by atoms with Crippen molar-refractivity contribution in [3.8, 4) is 17.6 Å². The molecule has 0 bridgehead atoms. The van der Waals surface area contributed by atoms with E-state index >= 15 is 0 Å². The van der Waals surface area contributed by atoms with Gasteiger partial charge in [0, 0.05) is 11.6 Å². The van der Waals surface area contributed by atoms with Crippen molar-refractivity contribution in [2.45, 2.75) is 44.3 Å². The second kappa shape index (κ2) is 8.55. The number of rotatable bonds is 5. The molecule has 1 aliphatic rings. The topological polar surface area (TPSA) is 23.5 Å². The van der Waals surface area contributed by atoms with E-state index in [1.54, 1.807) is 0 Å². The van der Waals surface area contributed by atoms with Gasteiger partial charge in [-0.2, -0.15) is 0 Å². The van der Waals surface area contributed by atoms with Crippen LogP contribution in [0.3, 0.4) is 0 Å². The number of aromatic hydroxyl groups is 1. The summed E-state index contributed by atoms with van der Waals surface area (Å²) in [5.41, 5.74) is 2.14. The largest absolute Gasteiger partial charge is 0.508 e. The van der Waals surface area contributed by atoms with Gasteiger partial charge >= 0.3 is 0 Å². The van der Waals surface area contributed by atoms with E-state index in [2.05, 4.69) is 59.7 Å².